The van der Waals surface area contributed by atoms with E-state index in [0.717, 1.165) is 30.4 Å². The number of amides is 1. The second-order valence-electron chi connectivity index (χ2n) is 6.65. The van der Waals surface area contributed by atoms with Crippen molar-refractivity contribution in [2.75, 3.05) is 19.6 Å². The van der Waals surface area contributed by atoms with E-state index in [9.17, 15) is 4.79 Å². The summed E-state index contributed by atoms with van der Waals surface area (Å²) in [5.74, 6) is 0.711. The third-order valence-corrected chi connectivity index (χ3v) is 5.25. The number of carbonyl (C=O) groups is 1. The van der Waals surface area contributed by atoms with Crippen LogP contribution >= 0.6 is 39.9 Å². The Labute approximate surface area is 175 Å². The lowest BCUT2D eigenvalue weighted by Crippen LogP contribution is -2.42. The molecule has 0 aromatic heterocycles. The van der Waals surface area contributed by atoms with Gasteiger partial charge in [0.15, 0.2) is 5.96 Å². The second kappa shape index (κ2) is 9.21. The number of hydrogen-bond acceptors (Lipinski definition) is 2. The molecular formula is C18H26BrIN4O. The number of aliphatic imine (C=N–C) groups is 1. The van der Waals surface area contributed by atoms with Gasteiger partial charge >= 0.3 is 0 Å². The molecule has 1 aromatic rings. The average Bonchev–Trinajstić information content (AvgIpc) is 3.47. The van der Waals surface area contributed by atoms with Crippen LogP contribution in [0.15, 0.2) is 33.7 Å². The minimum absolute atomic E-state index is 0. The number of halogens is 2. The second-order valence-corrected chi connectivity index (χ2v) is 7.51. The molecule has 2 saturated carbocycles. The smallest absolute Gasteiger partial charge is 0.242 e. The van der Waals surface area contributed by atoms with Gasteiger partial charge in [0.25, 0.3) is 0 Å². The molecule has 0 atom stereocenters. The minimum atomic E-state index is 0. The van der Waals surface area contributed by atoms with Crippen LogP contribution < -0.4 is 16.0 Å². The summed E-state index contributed by atoms with van der Waals surface area (Å²) in [6.45, 7) is 3.81. The van der Waals surface area contributed by atoms with Crippen LogP contribution in [0, 0.1) is 0 Å². The van der Waals surface area contributed by atoms with Crippen molar-refractivity contribution in [2.24, 2.45) is 4.99 Å². The molecule has 2 fully saturated rings. The summed E-state index contributed by atoms with van der Waals surface area (Å²) < 4.78 is 1.16. The molecule has 0 bridgehead atoms. The molecule has 25 heavy (non-hydrogen) atoms. The zero-order chi connectivity index (χ0) is 17.0. The average molecular weight is 521 g/mol. The lowest BCUT2D eigenvalue weighted by Gasteiger charge is -2.20. The fraction of sp³-hybridized carbons (Fsp3) is 0.556. The summed E-state index contributed by atoms with van der Waals surface area (Å²) in [5.41, 5.74) is 1.52. The van der Waals surface area contributed by atoms with E-state index in [4.69, 9.17) is 0 Å². The van der Waals surface area contributed by atoms with Gasteiger partial charge in [-0.3, -0.25) is 4.79 Å². The highest BCUT2D eigenvalue weighted by molar-refractivity contribution is 14.0. The first-order chi connectivity index (χ1) is 11.6. The molecule has 0 heterocycles. The van der Waals surface area contributed by atoms with E-state index < -0.39 is 0 Å². The molecule has 0 unspecified atom stereocenters. The van der Waals surface area contributed by atoms with Crippen molar-refractivity contribution in [1.29, 1.82) is 0 Å². The first-order valence-electron chi connectivity index (χ1n) is 8.69. The number of rotatable bonds is 7. The lowest BCUT2D eigenvalue weighted by atomic mass is 9.96. The largest absolute Gasteiger partial charge is 0.357 e. The highest BCUT2D eigenvalue weighted by Crippen LogP contribution is 2.49. The van der Waals surface area contributed by atoms with Crippen LogP contribution in [0.5, 0.6) is 0 Å². The van der Waals surface area contributed by atoms with Crippen LogP contribution in [0.3, 0.4) is 0 Å². The molecule has 1 amide bonds. The molecule has 0 saturated heterocycles. The van der Waals surface area contributed by atoms with Crippen LogP contribution in [0.1, 0.15) is 38.2 Å². The van der Waals surface area contributed by atoms with Crippen molar-refractivity contribution >= 4 is 51.8 Å². The molecule has 3 N–H and O–H groups in total. The summed E-state index contributed by atoms with van der Waals surface area (Å²) in [6, 6.07) is 8.79. The Kier molecular flexibility index (Phi) is 7.54. The maximum atomic E-state index is 11.8. The first-order valence-corrected chi connectivity index (χ1v) is 9.49. The third-order valence-electron chi connectivity index (χ3n) is 4.56. The van der Waals surface area contributed by atoms with Gasteiger partial charge in [-0.05, 0) is 44.2 Å². The van der Waals surface area contributed by atoms with Gasteiger partial charge in [-0.25, -0.2) is 4.99 Å². The van der Waals surface area contributed by atoms with Crippen LogP contribution in [0.2, 0.25) is 0 Å². The Balaban J connectivity index is 0.00000225. The Morgan fingerprint density at radius 1 is 1.28 bits per heavy atom. The van der Waals surface area contributed by atoms with Gasteiger partial charge in [-0.1, -0.05) is 34.1 Å². The van der Waals surface area contributed by atoms with E-state index in [1.807, 2.05) is 13.0 Å². The number of hydrogen-bond donors (Lipinski definition) is 3. The lowest BCUT2D eigenvalue weighted by molar-refractivity contribution is -0.119. The highest BCUT2D eigenvalue weighted by atomic mass is 127. The number of nitrogens with zero attached hydrogens (tertiary/aromatic N) is 1. The van der Waals surface area contributed by atoms with Crippen molar-refractivity contribution < 1.29 is 4.79 Å². The van der Waals surface area contributed by atoms with E-state index in [1.54, 1.807) is 0 Å². The van der Waals surface area contributed by atoms with E-state index in [2.05, 4.69) is 55.1 Å². The Hall–Kier alpha value is -0.830. The van der Waals surface area contributed by atoms with Crippen molar-refractivity contribution in [3.05, 3.63) is 34.3 Å². The molecule has 2 aliphatic rings. The van der Waals surface area contributed by atoms with Gasteiger partial charge in [0, 0.05) is 29.0 Å². The van der Waals surface area contributed by atoms with E-state index in [1.165, 1.54) is 18.4 Å². The van der Waals surface area contributed by atoms with Gasteiger partial charge < -0.3 is 16.0 Å². The third kappa shape index (κ3) is 5.84. The van der Waals surface area contributed by atoms with Crippen molar-refractivity contribution in [3.63, 3.8) is 0 Å². The van der Waals surface area contributed by atoms with Gasteiger partial charge in [-0.15, -0.1) is 24.0 Å². The van der Waals surface area contributed by atoms with E-state index >= 15 is 0 Å². The van der Waals surface area contributed by atoms with E-state index in [-0.39, 0.29) is 41.8 Å². The summed E-state index contributed by atoms with van der Waals surface area (Å²) in [4.78, 5) is 16.2. The summed E-state index contributed by atoms with van der Waals surface area (Å²) >= 11 is 3.66. The van der Waals surface area contributed by atoms with Crippen molar-refractivity contribution in [3.8, 4) is 0 Å². The molecule has 1 aromatic carbocycles. The zero-order valence-corrected chi connectivity index (χ0v) is 18.4. The highest BCUT2D eigenvalue weighted by Gasteiger charge is 2.45. The molecular weight excluding hydrogens is 495 g/mol. The maximum Gasteiger partial charge on any atom is 0.242 e. The van der Waals surface area contributed by atoms with Crippen molar-refractivity contribution in [2.45, 2.75) is 44.1 Å². The van der Waals surface area contributed by atoms with Crippen LogP contribution in [0.4, 0.5) is 0 Å². The molecule has 7 heteroatoms. The number of guanidine groups is 1. The maximum absolute atomic E-state index is 11.8. The zero-order valence-electron chi connectivity index (χ0n) is 14.5. The minimum Gasteiger partial charge on any atom is -0.357 e. The number of nitrogens with one attached hydrogen (secondary N) is 3. The van der Waals surface area contributed by atoms with Gasteiger partial charge in [0.1, 0.15) is 6.54 Å². The first kappa shape index (κ1) is 20.5. The topological polar surface area (TPSA) is 65.5 Å². The summed E-state index contributed by atoms with van der Waals surface area (Å²) in [5, 5.41) is 9.59. The molecule has 5 nitrogen and oxygen atoms in total. The predicted molar refractivity (Wildman–Crippen MR) is 116 cm³/mol. The Morgan fingerprint density at radius 2 is 2.00 bits per heavy atom. The molecule has 0 aliphatic heterocycles. The monoisotopic (exact) mass is 520 g/mol. The van der Waals surface area contributed by atoms with Crippen LogP contribution in [-0.2, 0) is 10.2 Å². The fourth-order valence-corrected chi connectivity index (χ4v) is 3.54. The predicted octanol–water partition coefficient (Wildman–Crippen LogP) is 2.93. The Morgan fingerprint density at radius 3 is 2.60 bits per heavy atom. The Bertz CT molecular complexity index is 629. The fourth-order valence-electron chi connectivity index (χ4n) is 2.83. The summed E-state index contributed by atoms with van der Waals surface area (Å²) in [7, 11) is 0. The van der Waals surface area contributed by atoms with Gasteiger partial charge in [-0.2, -0.15) is 0 Å². The van der Waals surface area contributed by atoms with Crippen molar-refractivity contribution in [1.82, 2.24) is 16.0 Å². The molecule has 0 spiro atoms. The standard InChI is InChI=1S/C18H25BrN4O.HI/c1-2-20-17(21-11-16(24)23-13-7-8-13)22-12-18(9-10-18)14-5-3-4-6-15(14)19;/h3-6,13H,2,7-12H2,1H3,(H,23,24)(H2,20,21,22);1H. The molecule has 2 aliphatic carbocycles. The molecule has 0 radical (unpaired) electrons. The van der Waals surface area contributed by atoms with E-state index in [0.29, 0.717) is 12.0 Å². The number of carbonyl (C=O) groups excluding carboxylic acids is 1. The van der Waals surface area contributed by atoms with Gasteiger partial charge in [0.05, 0.1) is 0 Å². The molecule has 138 valence electrons. The normalized spacial score (nSPS) is 18.1. The number of benzene rings is 1. The summed E-state index contributed by atoms with van der Waals surface area (Å²) in [6.07, 6.45) is 4.54. The molecule has 3 rings (SSSR count). The van der Waals surface area contributed by atoms with Crippen LogP contribution in [0.25, 0.3) is 0 Å². The SMILES string of the molecule is CCNC(=NCC(=O)NC1CC1)NCC1(c2ccccc2Br)CC1.I. The van der Waals surface area contributed by atoms with Crippen LogP contribution in [-0.4, -0.2) is 37.5 Å². The van der Waals surface area contributed by atoms with Gasteiger partial charge in [0.2, 0.25) is 5.91 Å². The quantitative estimate of drug-likeness (QED) is 0.294.